The Kier molecular flexibility index (Phi) is 9.29. The van der Waals surface area contributed by atoms with Gasteiger partial charge in [-0.05, 0) is 66.0 Å². The van der Waals surface area contributed by atoms with Crippen LogP contribution in [-0.2, 0) is 50.7 Å². The molecule has 0 saturated carbocycles. The number of nitrogens with one attached hydrogen (secondary N) is 2. The SMILES string of the molecule is C[C@H]1[C@H]([Si](C)(C)O)[C@@H](CC(=O)N2Cc3ccccc3C[C@H]2CO)O[C@]12C(=O)N(Cc1cccc(NC(=O)Cc3c[nH]c4ccccc34)c1)c1ccccc12. The normalized spacial score (nSPS) is 23.5. The number of anilines is 2. The summed E-state index contributed by atoms with van der Waals surface area (Å²) in [6.07, 6.45) is 1.92. The Hall–Kier alpha value is -5.07. The van der Waals surface area contributed by atoms with E-state index in [2.05, 4.69) is 10.3 Å². The number of carbonyl (C=O) groups is 3. The minimum atomic E-state index is -3.01. The number of hydrogen-bond acceptors (Lipinski definition) is 6. The van der Waals surface area contributed by atoms with E-state index in [-0.39, 0.29) is 49.8 Å². The molecule has 4 N–H and O–H groups in total. The van der Waals surface area contributed by atoms with Crippen molar-refractivity contribution in [1.82, 2.24) is 9.88 Å². The van der Waals surface area contributed by atoms with Gasteiger partial charge in [-0.1, -0.05) is 79.7 Å². The van der Waals surface area contributed by atoms with Crippen molar-refractivity contribution in [2.45, 2.75) is 75.7 Å². The highest BCUT2D eigenvalue weighted by Crippen LogP contribution is 2.59. The molecule has 0 radical (unpaired) electrons. The van der Waals surface area contributed by atoms with Gasteiger partial charge < -0.3 is 34.7 Å². The van der Waals surface area contributed by atoms with Crippen LogP contribution in [0.4, 0.5) is 11.4 Å². The Labute approximate surface area is 315 Å². The first-order valence-corrected chi connectivity index (χ1v) is 21.7. The maximum atomic E-state index is 14.9. The molecule has 8 rings (SSSR count). The standard InChI is InChI=1S/C43H46N4O6Si/c1-27-41(54(2,3)52)38(22-40(50)46-25-30-13-5-4-12-29(30)20-33(46)26-48)53-43(27)35-16-7-9-18-37(35)47(42(43)51)24-28-11-10-14-32(19-28)45-39(49)21-31-23-44-36-17-8-6-15-34(31)36/h4-19,23,27,33,38,41,44,48,52H,20-22,24-26H2,1-3H3,(H,45,49)/t27-,33-,38+,41-,43+/m0/s1. The van der Waals surface area contributed by atoms with Gasteiger partial charge in [-0.15, -0.1) is 0 Å². The van der Waals surface area contributed by atoms with Crippen LogP contribution in [0.2, 0.25) is 18.6 Å². The minimum absolute atomic E-state index is 0.0118. The summed E-state index contributed by atoms with van der Waals surface area (Å²) in [6, 6.07) is 30.6. The van der Waals surface area contributed by atoms with Crippen molar-refractivity contribution in [3.63, 3.8) is 0 Å². The maximum absolute atomic E-state index is 14.9. The lowest BCUT2D eigenvalue weighted by molar-refractivity contribution is -0.151. The van der Waals surface area contributed by atoms with Gasteiger partial charge in [-0.25, -0.2) is 0 Å². The number of H-pyrrole nitrogens is 1. The van der Waals surface area contributed by atoms with Crippen LogP contribution in [0.1, 0.15) is 41.2 Å². The lowest BCUT2D eigenvalue weighted by atomic mass is 9.82. The van der Waals surface area contributed by atoms with Crippen molar-refractivity contribution >= 4 is 48.3 Å². The molecule has 278 valence electrons. The number of benzene rings is 4. The molecule has 0 unspecified atom stereocenters. The molecule has 1 fully saturated rings. The second kappa shape index (κ2) is 14.0. The lowest BCUT2D eigenvalue weighted by Crippen LogP contribution is -2.48. The van der Waals surface area contributed by atoms with Crippen LogP contribution < -0.4 is 10.2 Å². The quantitative estimate of drug-likeness (QED) is 0.136. The first kappa shape index (κ1) is 35.9. The predicted molar refractivity (Wildman–Crippen MR) is 210 cm³/mol. The van der Waals surface area contributed by atoms with Crippen molar-refractivity contribution in [2.75, 3.05) is 16.8 Å². The van der Waals surface area contributed by atoms with Gasteiger partial charge in [-0.3, -0.25) is 14.4 Å². The van der Waals surface area contributed by atoms with Crippen molar-refractivity contribution in [3.8, 4) is 0 Å². The Morgan fingerprint density at radius 2 is 1.72 bits per heavy atom. The van der Waals surface area contributed by atoms with E-state index in [0.717, 1.165) is 44.4 Å². The van der Waals surface area contributed by atoms with Gasteiger partial charge in [0.05, 0.1) is 43.8 Å². The van der Waals surface area contributed by atoms with Crippen LogP contribution in [0.3, 0.4) is 0 Å². The second-order valence-corrected chi connectivity index (χ2v) is 19.6. The lowest BCUT2D eigenvalue weighted by Gasteiger charge is -2.37. The van der Waals surface area contributed by atoms with E-state index in [1.54, 1.807) is 9.80 Å². The number of aliphatic hydroxyl groups is 1. The zero-order valence-electron chi connectivity index (χ0n) is 30.8. The fourth-order valence-electron chi connectivity index (χ4n) is 9.31. The average Bonchev–Trinajstić information content (AvgIpc) is 3.77. The molecule has 4 heterocycles. The number of para-hydroxylation sites is 2. The maximum Gasteiger partial charge on any atom is 0.264 e. The third-order valence-corrected chi connectivity index (χ3v) is 14.2. The third-order valence-electron chi connectivity index (χ3n) is 11.7. The van der Waals surface area contributed by atoms with Crippen LogP contribution in [0.5, 0.6) is 0 Å². The van der Waals surface area contributed by atoms with Gasteiger partial charge in [0.25, 0.3) is 5.91 Å². The number of fused-ring (bicyclic) bond motifs is 4. The zero-order chi connectivity index (χ0) is 37.8. The van der Waals surface area contributed by atoms with E-state index in [4.69, 9.17) is 4.74 Å². The van der Waals surface area contributed by atoms with Crippen LogP contribution in [0, 0.1) is 5.92 Å². The van der Waals surface area contributed by atoms with Gasteiger partial charge in [0, 0.05) is 46.4 Å². The van der Waals surface area contributed by atoms with Gasteiger partial charge in [0.2, 0.25) is 11.8 Å². The molecule has 5 aromatic rings. The van der Waals surface area contributed by atoms with Crippen LogP contribution in [0.25, 0.3) is 10.9 Å². The summed E-state index contributed by atoms with van der Waals surface area (Å²) >= 11 is 0. The van der Waals surface area contributed by atoms with E-state index >= 15 is 0 Å². The molecule has 3 aliphatic rings. The van der Waals surface area contributed by atoms with Gasteiger partial charge in [-0.2, -0.15) is 0 Å². The number of nitrogens with zero attached hydrogens (tertiary/aromatic N) is 2. The number of amides is 3. The number of rotatable bonds is 9. The summed E-state index contributed by atoms with van der Waals surface area (Å²) in [5.74, 6) is -0.969. The molecule has 3 aliphatic heterocycles. The van der Waals surface area contributed by atoms with Crippen molar-refractivity contribution in [3.05, 3.63) is 131 Å². The summed E-state index contributed by atoms with van der Waals surface area (Å²) in [4.78, 5) is 60.7. The largest absolute Gasteiger partial charge is 0.432 e. The number of aliphatic hydroxyl groups excluding tert-OH is 1. The fourth-order valence-corrected chi connectivity index (χ4v) is 11.9. The Morgan fingerprint density at radius 1 is 0.981 bits per heavy atom. The smallest absolute Gasteiger partial charge is 0.264 e. The molecule has 4 aromatic carbocycles. The van der Waals surface area contributed by atoms with E-state index in [0.29, 0.717) is 18.7 Å². The first-order valence-electron chi connectivity index (χ1n) is 18.7. The molecule has 0 bridgehead atoms. The zero-order valence-corrected chi connectivity index (χ0v) is 31.8. The summed E-state index contributed by atoms with van der Waals surface area (Å²) in [7, 11) is -3.01. The summed E-state index contributed by atoms with van der Waals surface area (Å²) < 4.78 is 6.94. The highest BCUT2D eigenvalue weighted by atomic mass is 28.4. The van der Waals surface area contributed by atoms with Crippen molar-refractivity contribution in [2.24, 2.45) is 5.92 Å². The molecular weight excluding hydrogens is 697 g/mol. The fraction of sp³-hybridized carbons (Fsp3) is 0.326. The number of ether oxygens (including phenoxy) is 1. The Morgan fingerprint density at radius 3 is 2.52 bits per heavy atom. The average molecular weight is 743 g/mol. The molecule has 1 spiro atoms. The molecule has 1 saturated heterocycles. The minimum Gasteiger partial charge on any atom is -0.432 e. The first-order chi connectivity index (χ1) is 26.0. The van der Waals surface area contributed by atoms with Gasteiger partial charge >= 0.3 is 0 Å². The van der Waals surface area contributed by atoms with Crippen LogP contribution in [0.15, 0.2) is 103 Å². The highest BCUT2D eigenvalue weighted by molar-refractivity contribution is 6.71. The molecule has 11 heteroatoms. The third kappa shape index (κ3) is 6.24. The van der Waals surface area contributed by atoms with Crippen molar-refractivity contribution < 1.29 is 29.0 Å². The van der Waals surface area contributed by atoms with E-state index in [1.165, 1.54) is 0 Å². The molecule has 54 heavy (non-hydrogen) atoms. The predicted octanol–water partition coefficient (Wildman–Crippen LogP) is 6.03. The van der Waals surface area contributed by atoms with Crippen molar-refractivity contribution in [1.29, 1.82) is 0 Å². The monoisotopic (exact) mass is 742 g/mol. The van der Waals surface area contributed by atoms with Crippen LogP contribution in [-0.4, -0.2) is 64.6 Å². The number of aromatic amines is 1. The Bertz CT molecular complexity index is 2250. The highest BCUT2D eigenvalue weighted by Gasteiger charge is 2.66. The number of aromatic nitrogens is 1. The summed E-state index contributed by atoms with van der Waals surface area (Å²) in [5.41, 5.74) is 5.16. The summed E-state index contributed by atoms with van der Waals surface area (Å²) in [5, 5.41) is 14.3. The number of hydrogen-bond donors (Lipinski definition) is 4. The molecule has 3 amide bonds. The van der Waals surface area contributed by atoms with E-state index < -0.39 is 31.5 Å². The summed E-state index contributed by atoms with van der Waals surface area (Å²) in [6.45, 7) is 6.13. The van der Waals surface area contributed by atoms with E-state index in [1.807, 2.05) is 123 Å². The topological polar surface area (TPSA) is 135 Å². The molecule has 0 aliphatic carbocycles. The van der Waals surface area contributed by atoms with Gasteiger partial charge in [0.15, 0.2) is 13.9 Å². The van der Waals surface area contributed by atoms with E-state index in [9.17, 15) is 24.3 Å². The molecule has 10 nitrogen and oxygen atoms in total. The second-order valence-electron chi connectivity index (χ2n) is 15.6. The molecule has 5 atom stereocenters. The molecule has 1 aromatic heterocycles. The van der Waals surface area contributed by atoms with Crippen LogP contribution >= 0.6 is 0 Å². The van der Waals surface area contributed by atoms with Gasteiger partial charge in [0.1, 0.15) is 0 Å². The Balaban J connectivity index is 1.04. The number of carbonyl (C=O) groups excluding carboxylic acids is 3. The molecular formula is C43H46N4O6Si.